The summed E-state index contributed by atoms with van der Waals surface area (Å²) in [5, 5.41) is 11.2. The maximum Gasteiger partial charge on any atom is 0.417 e. The minimum Gasteiger partial charge on any atom is -0.477 e. The Morgan fingerprint density at radius 3 is 2.46 bits per heavy atom. The summed E-state index contributed by atoms with van der Waals surface area (Å²) in [6.07, 6.45) is -6.10. The molecule has 4 atom stereocenters. The quantitative estimate of drug-likeness (QED) is 0.545. The van der Waals surface area contributed by atoms with Crippen LogP contribution in [0.3, 0.4) is 0 Å². The van der Waals surface area contributed by atoms with Crippen LogP contribution in [-0.2, 0) is 9.53 Å². The highest BCUT2D eigenvalue weighted by molar-refractivity contribution is 5.96. The van der Waals surface area contributed by atoms with Crippen LogP contribution in [0, 0.1) is 17.6 Å². The van der Waals surface area contributed by atoms with E-state index in [-0.39, 0.29) is 5.69 Å². The van der Waals surface area contributed by atoms with Gasteiger partial charge in [0.1, 0.15) is 11.8 Å². The minimum atomic E-state index is -5.06. The van der Waals surface area contributed by atoms with Crippen molar-refractivity contribution in [3.63, 3.8) is 0 Å². The van der Waals surface area contributed by atoms with Crippen LogP contribution in [0.2, 0.25) is 0 Å². The molecule has 1 aromatic carbocycles. The average molecular weight is 510 g/mol. The zero-order chi connectivity index (χ0) is 26.3. The smallest absolute Gasteiger partial charge is 0.417 e. The van der Waals surface area contributed by atoms with Gasteiger partial charge in [0, 0.05) is 29.3 Å². The number of pyridine rings is 1. The number of carbonyl (C=O) groups is 2. The number of rotatable bonds is 6. The number of nitrogens with zero attached hydrogens (tertiary/aromatic N) is 1. The van der Waals surface area contributed by atoms with Crippen LogP contribution in [-0.4, -0.2) is 46.5 Å². The molecule has 3 rings (SSSR count). The predicted octanol–water partition coefficient (Wildman–Crippen LogP) is 4.74. The molecule has 0 radical (unpaired) electrons. The van der Waals surface area contributed by atoms with E-state index in [2.05, 4.69) is 15.0 Å². The number of benzene rings is 1. The number of carbonyl (C=O) groups excluding carboxylic acids is 1. The fraction of sp³-hybridized carbons (Fsp3) is 0.381. The third kappa shape index (κ3) is 4.88. The first-order valence-corrected chi connectivity index (χ1v) is 9.84. The van der Waals surface area contributed by atoms with Gasteiger partial charge in [-0.05, 0) is 25.1 Å². The minimum absolute atomic E-state index is 0.174. The second-order valence-electron chi connectivity index (χ2n) is 7.84. The van der Waals surface area contributed by atoms with Crippen LogP contribution < -0.4 is 10.1 Å². The molecule has 1 aromatic heterocycles. The molecule has 2 N–H and O–H groups in total. The lowest BCUT2D eigenvalue weighted by atomic mass is 9.77. The van der Waals surface area contributed by atoms with E-state index in [1.54, 1.807) is 0 Å². The van der Waals surface area contributed by atoms with Crippen LogP contribution in [0.4, 0.5) is 36.4 Å². The molecule has 0 saturated carbocycles. The Morgan fingerprint density at radius 2 is 1.89 bits per heavy atom. The molecular formula is C21H17F7N2O5. The van der Waals surface area contributed by atoms with Gasteiger partial charge in [-0.15, -0.1) is 0 Å². The second kappa shape index (κ2) is 9.32. The summed E-state index contributed by atoms with van der Waals surface area (Å²) in [5.41, 5.74) is -4.32. The van der Waals surface area contributed by atoms with E-state index in [4.69, 9.17) is 9.84 Å². The number of amides is 1. The summed E-state index contributed by atoms with van der Waals surface area (Å²) in [4.78, 5) is 27.6. The number of carboxylic acid groups (broad SMARTS) is 1. The zero-order valence-electron chi connectivity index (χ0n) is 17.9. The number of hydrogen-bond donors (Lipinski definition) is 2. The van der Waals surface area contributed by atoms with E-state index < -0.39 is 76.8 Å². The Balaban J connectivity index is 2.10. The Morgan fingerprint density at radius 1 is 1.23 bits per heavy atom. The molecule has 0 unspecified atom stereocenters. The highest BCUT2D eigenvalue weighted by atomic mass is 19.4. The summed E-state index contributed by atoms with van der Waals surface area (Å²) >= 11 is 0. The molecular weight excluding hydrogens is 493 g/mol. The van der Waals surface area contributed by atoms with Crippen molar-refractivity contribution < 1.29 is 54.9 Å². The normalized spacial score (nSPS) is 24.5. The van der Waals surface area contributed by atoms with Crippen molar-refractivity contribution in [1.82, 2.24) is 4.98 Å². The van der Waals surface area contributed by atoms with Crippen molar-refractivity contribution in [3.05, 3.63) is 53.4 Å². The first-order valence-electron chi connectivity index (χ1n) is 9.84. The van der Waals surface area contributed by atoms with Gasteiger partial charge in [-0.3, -0.25) is 4.79 Å². The fourth-order valence-electron chi connectivity index (χ4n) is 3.88. The molecule has 1 aliphatic rings. The second-order valence-corrected chi connectivity index (χ2v) is 7.84. The average Bonchev–Trinajstić information content (AvgIpc) is 3.04. The Kier molecular flexibility index (Phi) is 6.97. The van der Waals surface area contributed by atoms with Crippen LogP contribution in [0.5, 0.6) is 5.75 Å². The Bertz CT molecular complexity index is 1140. The number of aromatic nitrogens is 1. The Hall–Kier alpha value is -3.42. The third-order valence-corrected chi connectivity index (χ3v) is 5.82. The van der Waals surface area contributed by atoms with Gasteiger partial charge in [0.15, 0.2) is 17.2 Å². The van der Waals surface area contributed by atoms with Gasteiger partial charge in [-0.25, -0.2) is 14.2 Å². The molecule has 0 aliphatic carbocycles. The topological polar surface area (TPSA) is 97.8 Å². The number of hydrogen-bond acceptors (Lipinski definition) is 5. The molecule has 14 heteroatoms. The molecule has 7 nitrogen and oxygen atoms in total. The Labute approximate surface area is 192 Å². The number of carboxylic acids is 1. The maximum atomic E-state index is 14.4. The van der Waals surface area contributed by atoms with Gasteiger partial charge in [-0.1, -0.05) is 13.0 Å². The lowest BCUT2D eigenvalue weighted by Crippen LogP contribution is -2.47. The van der Waals surface area contributed by atoms with E-state index in [0.717, 1.165) is 31.3 Å². The standard InChI is InChI=1S/C21H17F7N2O5/c1-8-13(10-3-4-11(22)14(23)15(10)34-19(24)25)16(35-20(8,2)21(26,27)28)17(31)30-9-5-6-29-12(7-9)18(32)33/h3-8,13,16,19H,1-2H3,(H,32,33)(H,29,30,31)/t8-,13-,16+,20+/m0/s1. The van der Waals surface area contributed by atoms with Gasteiger partial charge in [0.2, 0.25) is 5.82 Å². The maximum absolute atomic E-state index is 14.4. The number of nitrogens with one attached hydrogen (secondary N) is 1. The number of halogens is 7. The fourth-order valence-corrected chi connectivity index (χ4v) is 3.88. The predicted molar refractivity (Wildman–Crippen MR) is 104 cm³/mol. The lowest BCUT2D eigenvalue weighted by molar-refractivity contribution is -0.272. The van der Waals surface area contributed by atoms with Crippen molar-refractivity contribution in [2.75, 3.05) is 5.32 Å². The van der Waals surface area contributed by atoms with E-state index >= 15 is 0 Å². The molecule has 1 aliphatic heterocycles. The molecule has 1 saturated heterocycles. The van der Waals surface area contributed by atoms with E-state index in [1.807, 2.05) is 0 Å². The number of aromatic carboxylic acids is 1. The molecule has 35 heavy (non-hydrogen) atoms. The first-order chi connectivity index (χ1) is 16.2. The van der Waals surface area contributed by atoms with Crippen molar-refractivity contribution in [2.24, 2.45) is 5.92 Å². The number of alkyl halides is 5. The molecule has 2 heterocycles. The zero-order valence-corrected chi connectivity index (χ0v) is 17.9. The lowest BCUT2D eigenvalue weighted by Gasteiger charge is -2.32. The van der Waals surface area contributed by atoms with Crippen LogP contribution >= 0.6 is 0 Å². The molecule has 2 aromatic rings. The van der Waals surface area contributed by atoms with Gasteiger partial charge >= 0.3 is 18.8 Å². The van der Waals surface area contributed by atoms with Crippen molar-refractivity contribution in [3.8, 4) is 5.75 Å². The SMILES string of the molecule is C[C@H]1[C@@H](c2ccc(F)c(F)c2OC(F)F)[C@H](C(=O)Nc2ccnc(C(=O)O)c2)O[C@@]1(C)C(F)(F)F. The monoisotopic (exact) mass is 510 g/mol. The number of ether oxygens (including phenoxy) is 2. The van der Waals surface area contributed by atoms with E-state index in [1.165, 1.54) is 0 Å². The van der Waals surface area contributed by atoms with Gasteiger partial charge in [0.25, 0.3) is 5.91 Å². The molecule has 1 fully saturated rings. The van der Waals surface area contributed by atoms with Gasteiger partial charge in [-0.2, -0.15) is 26.3 Å². The summed E-state index contributed by atoms with van der Waals surface area (Å²) < 4.78 is 105. The van der Waals surface area contributed by atoms with E-state index in [9.17, 15) is 40.3 Å². The van der Waals surface area contributed by atoms with Crippen molar-refractivity contribution in [1.29, 1.82) is 0 Å². The summed E-state index contributed by atoms with van der Waals surface area (Å²) in [6.45, 7) is -2.02. The molecule has 190 valence electrons. The molecule has 1 amide bonds. The summed E-state index contributed by atoms with van der Waals surface area (Å²) in [7, 11) is 0. The van der Waals surface area contributed by atoms with Crippen LogP contribution in [0.15, 0.2) is 30.5 Å². The van der Waals surface area contributed by atoms with Crippen molar-refractivity contribution in [2.45, 2.75) is 44.3 Å². The van der Waals surface area contributed by atoms with Gasteiger partial charge < -0.3 is 19.9 Å². The summed E-state index contributed by atoms with van der Waals surface area (Å²) in [6, 6.07) is 3.29. The van der Waals surface area contributed by atoms with E-state index in [0.29, 0.717) is 13.0 Å². The van der Waals surface area contributed by atoms with Crippen molar-refractivity contribution >= 4 is 17.6 Å². The third-order valence-electron chi connectivity index (χ3n) is 5.82. The molecule has 0 bridgehead atoms. The van der Waals surface area contributed by atoms with Crippen LogP contribution in [0.1, 0.15) is 35.8 Å². The van der Waals surface area contributed by atoms with Gasteiger partial charge in [0.05, 0.1) is 0 Å². The molecule has 0 spiro atoms. The van der Waals surface area contributed by atoms with Crippen LogP contribution in [0.25, 0.3) is 0 Å². The summed E-state index contributed by atoms with van der Waals surface area (Å²) in [5.74, 6) is -10.9. The highest BCUT2D eigenvalue weighted by Crippen LogP contribution is 2.55. The first kappa shape index (κ1) is 26.2. The largest absolute Gasteiger partial charge is 0.477 e. The highest BCUT2D eigenvalue weighted by Gasteiger charge is 2.66. The number of anilines is 1.